The monoisotopic (exact) mass is 537 g/mol. The van der Waals surface area contributed by atoms with Crippen LogP contribution in [0.1, 0.15) is 44.7 Å². The normalized spacial score (nSPS) is 12.2. The summed E-state index contributed by atoms with van der Waals surface area (Å²) >= 11 is 6.11. The van der Waals surface area contributed by atoms with Crippen LogP contribution in [0.25, 0.3) is 0 Å². The molecule has 36 heavy (non-hydrogen) atoms. The highest BCUT2D eigenvalue weighted by Crippen LogP contribution is 2.27. The van der Waals surface area contributed by atoms with Crippen molar-refractivity contribution in [3.8, 4) is 5.75 Å². The molecule has 8 nitrogen and oxygen atoms in total. The quantitative estimate of drug-likeness (QED) is 0.439. The van der Waals surface area contributed by atoms with E-state index >= 15 is 0 Å². The Morgan fingerprint density at radius 1 is 1.08 bits per heavy atom. The van der Waals surface area contributed by atoms with E-state index in [0.29, 0.717) is 16.5 Å². The molecule has 2 rings (SSSR count). The number of halogens is 1. The maximum absolute atomic E-state index is 13.3. The molecule has 0 saturated heterocycles. The summed E-state index contributed by atoms with van der Waals surface area (Å²) in [5.41, 5.74) is 2.09. The third-order valence-electron chi connectivity index (χ3n) is 5.70. The van der Waals surface area contributed by atoms with Crippen molar-refractivity contribution in [2.75, 3.05) is 24.2 Å². The molecule has 198 valence electrons. The van der Waals surface area contributed by atoms with Crippen molar-refractivity contribution in [1.82, 2.24) is 10.2 Å². The Morgan fingerprint density at radius 2 is 1.72 bits per heavy atom. The standard InChI is InChI=1S/C26H36ClN3O5S/c1-18(2)28-26(32)20(4)29(17-21-10-13-23(35-5)14-11-21)25(31)8-7-15-30(36(6,33)34)24-16-22(27)12-9-19(24)3/h9-14,16,18,20H,7-8,15,17H2,1-6H3,(H,28,32). The minimum atomic E-state index is -3.60. The number of methoxy groups -OCH3 is 1. The lowest BCUT2D eigenvalue weighted by molar-refractivity contribution is -0.140. The Bertz CT molecular complexity index is 1150. The Balaban J connectivity index is 2.20. The maximum Gasteiger partial charge on any atom is 0.242 e. The van der Waals surface area contributed by atoms with Crippen LogP contribution >= 0.6 is 11.6 Å². The molecule has 10 heteroatoms. The van der Waals surface area contributed by atoms with Crippen LogP contribution in [0.15, 0.2) is 42.5 Å². The number of ether oxygens (including phenoxy) is 1. The number of aryl methyl sites for hydroxylation is 1. The number of sulfonamides is 1. The van der Waals surface area contributed by atoms with E-state index in [2.05, 4.69) is 5.32 Å². The lowest BCUT2D eigenvalue weighted by Crippen LogP contribution is -2.49. The van der Waals surface area contributed by atoms with E-state index in [1.165, 1.54) is 9.21 Å². The van der Waals surface area contributed by atoms with Crippen molar-refractivity contribution in [1.29, 1.82) is 0 Å². The molecule has 1 unspecified atom stereocenters. The van der Waals surface area contributed by atoms with Crippen molar-refractivity contribution < 1.29 is 22.7 Å². The predicted molar refractivity (Wildman–Crippen MR) is 144 cm³/mol. The molecule has 1 atom stereocenters. The highest BCUT2D eigenvalue weighted by Gasteiger charge is 2.27. The van der Waals surface area contributed by atoms with Gasteiger partial charge in [-0.1, -0.05) is 29.8 Å². The van der Waals surface area contributed by atoms with E-state index in [1.807, 2.05) is 26.0 Å². The summed E-state index contributed by atoms with van der Waals surface area (Å²) in [5.74, 6) is 0.201. The zero-order valence-electron chi connectivity index (χ0n) is 21.7. The number of rotatable bonds is 12. The molecule has 2 aromatic carbocycles. The fourth-order valence-electron chi connectivity index (χ4n) is 3.75. The average molecular weight is 538 g/mol. The van der Waals surface area contributed by atoms with Gasteiger partial charge in [0.2, 0.25) is 21.8 Å². The van der Waals surface area contributed by atoms with Crippen LogP contribution in [-0.4, -0.2) is 57.1 Å². The minimum Gasteiger partial charge on any atom is -0.497 e. The van der Waals surface area contributed by atoms with Crippen LogP contribution in [0.2, 0.25) is 5.02 Å². The van der Waals surface area contributed by atoms with Gasteiger partial charge in [-0.25, -0.2) is 8.42 Å². The van der Waals surface area contributed by atoms with Crippen LogP contribution < -0.4 is 14.4 Å². The first-order valence-electron chi connectivity index (χ1n) is 11.8. The number of amides is 2. The van der Waals surface area contributed by atoms with Crippen molar-refractivity contribution in [2.45, 2.75) is 59.2 Å². The Morgan fingerprint density at radius 3 is 2.28 bits per heavy atom. The van der Waals surface area contributed by atoms with Crippen LogP contribution in [0.5, 0.6) is 5.75 Å². The van der Waals surface area contributed by atoms with Gasteiger partial charge in [0, 0.05) is 30.6 Å². The molecular formula is C26H36ClN3O5S. The third-order valence-corrected chi connectivity index (χ3v) is 7.12. The second kappa shape index (κ2) is 13.0. The van der Waals surface area contributed by atoms with Gasteiger partial charge in [-0.05, 0) is 69.5 Å². The lowest BCUT2D eigenvalue weighted by atomic mass is 10.1. The van der Waals surface area contributed by atoms with Gasteiger partial charge in [0.25, 0.3) is 0 Å². The molecule has 0 aliphatic rings. The summed E-state index contributed by atoms with van der Waals surface area (Å²) < 4.78 is 31.5. The van der Waals surface area contributed by atoms with E-state index in [4.69, 9.17) is 16.3 Å². The molecular weight excluding hydrogens is 502 g/mol. The number of nitrogens with one attached hydrogen (secondary N) is 1. The summed E-state index contributed by atoms with van der Waals surface area (Å²) in [4.78, 5) is 27.6. The summed E-state index contributed by atoms with van der Waals surface area (Å²) in [5, 5.41) is 3.28. The molecule has 0 radical (unpaired) electrons. The van der Waals surface area contributed by atoms with Gasteiger partial charge in [-0.2, -0.15) is 0 Å². The first kappa shape index (κ1) is 29.5. The van der Waals surface area contributed by atoms with E-state index < -0.39 is 16.1 Å². The summed E-state index contributed by atoms with van der Waals surface area (Å²) in [6, 6.07) is 11.6. The Hall–Kier alpha value is -2.78. The maximum atomic E-state index is 13.3. The van der Waals surface area contributed by atoms with E-state index in [0.717, 1.165) is 17.4 Å². The molecule has 1 N–H and O–H groups in total. The van der Waals surface area contributed by atoms with Gasteiger partial charge >= 0.3 is 0 Å². The molecule has 0 fully saturated rings. The smallest absolute Gasteiger partial charge is 0.242 e. The van der Waals surface area contributed by atoms with E-state index in [1.54, 1.807) is 51.3 Å². The molecule has 2 amide bonds. The molecule has 0 aromatic heterocycles. The van der Waals surface area contributed by atoms with Crippen molar-refractivity contribution >= 4 is 39.1 Å². The topological polar surface area (TPSA) is 96.0 Å². The summed E-state index contributed by atoms with van der Waals surface area (Å²) in [6.45, 7) is 7.56. The van der Waals surface area contributed by atoms with Gasteiger partial charge < -0.3 is 15.0 Å². The van der Waals surface area contributed by atoms with Gasteiger partial charge in [0.05, 0.1) is 19.1 Å². The van der Waals surface area contributed by atoms with Crippen LogP contribution in [-0.2, 0) is 26.2 Å². The lowest BCUT2D eigenvalue weighted by Gasteiger charge is -2.30. The number of hydrogen-bond donors (Lipinski definition) is 1. The number of anilines is 1. The van der Waals surface area contributed by atoms with E-state index in [-0.39, 0.29) is 43.8 Å². The molecule has 0 heterocycles. The number of nitrogens with zero attached hydrogens (tertiary/aromatic N) is 2. The fourth-order valence-corrected chi connectivity index (χ4v) is 4.93. The summed E-state index contributed by atoms with van der Waals surface area (Å²) in [7, 11) is -2.02. The molecule has 0 saturated carbocycles. The number of carbonyl (C=O) groups excluding carboxylic acids is 2. The van der Waals surface area contributed by atoms with Gasteiger partial charge in [-0.15, -0.1) is 0 Å². The van der Waals surface area contributed by atoms with Crippen molar-refractivity contribution in [3.63, 3.8) is 0 Å². The average Bonchev–Trinajstić information content (AvgIpc) is 2.80. The highest BCUT2D eigenvalue weighted by atomic mass is 35.5. The number of hydrogen-bond acceptors (Lipinski definition) is 5. The summed E-state index contributed by atoms with van der Waals surface area (Å²) in [6.07, 6.45) is 1.47. The first-order chi connectivity index (χ1) is 16.8. The molecule has 0 aliphatic carbocycles. The zero-order valence-corrected chi connectivity index (χ0v) is 23.3. The SMILES string of the molecule is COc1ccc(CN(C(=O)CCCN(c2cc(Cl)ccc2C)S(C)(=O)=O)C(C)C(=O)NC(C)C)cc1. The first-order valence-corrected chi connectivity index (χ1v) is 14.0. The largest absolute Gasteiger partial charge is 0.497 e. The number of benzene rings is 2. The molecule has 0 spiro atoms. The van der Waals surface area contributed by atoms with Crippen LogP contribution in [0.3, 0.4) is 0 Å². The van der Waals surface area contributed by atoms with E-state index in [9.17, 15) is 18.0 Å². The van der Waals surface area contributed by atoms with Crippen molar-refractivity contribution in [3.05, 3.63) is 58.6 Å². The van der Waals surface area contributed by atoms with Gasteiger partial charge in [-0.3, -0.25) is 13.9 Å². The molecule has 2 aromatic rings. The second-order valence-electron chi connectivity index (χ2n) is 9.08. The fraction of sp³-hybridized carbons (Fsp3) is 0.462. The highest BCUT2D eigenvalue weighted by molar-refractivity contribution is 7.92. The van der Waals surface area contributed by atoms with Gasteiger partial charge in [0.1, 0.15) is 11.8 Å². The van der Waals surface area contributed by atoms with Gasteiger partial charge in [0.15, 0.2) is 0 Å². The van der Waals surface area contributed by atoms with Crippen LogP contribution in [0.4, 0.5) is 5.69 Å². The predicted octanol–water partition coefficient (Wildman–Crippen LogP) is 4.15. The molecule has 0 bridgehead atoms. The zero-order chi connectivity index (χ0) is 27.0. The Kier molecular flexibility index (Phi) is 10.6. The minimum absolute atomic E-state index is 0.0675. The molecule has 0 aliphatic heterocycles. The number of carbonyl (C=O) groups is 2. The van der Waals surface area contributed by atoms with Crippen molar-refractivity contribution in [2.24, 2.45) is 0 Å². The second-order valence-corrected chi connectivity index (χ2v) is 11.4. The van der Waals surface area contributed by atoms with Crippen LogP contribution in [0, 0.1) is 6.92 Å². The third kappa shape index (κ3) is 8.41. The Labute approximate surface area is 219 Å².